The summed E-state index contributed by atoms with van der Waals surface area (Å²) in [4.78, 5) is 15.5. The maximum Gasteiger partial charge on any atom is 0.240 e. The molecule has 1 aromatic carbocycles. The molecule has 18 heavy (non-hydrogen) atoms. The number of nitrogens with one attached hydrogen (secondary N) is 1. The Morgan fingerprint density at radius 1 is 1.33 bits per heavy atom. The molecule has 1 aromatic heterocycles. The third kappa shape index (κ3) is 3.60. The van der Waals surface area contributed by atoms with Crippen LogP contribution in [0.3, 0.4) is 0 Å². The van der Waals surface area contributed by atoms with Gasteiger partial charge in [-0.25, -0.2) is 4.98 Å². The molecule has 1 amide bonds. The molecule has 0 fully saturated rings. The minimum Gasteiger partial charge on any atom is -0.354 e. The second-order valence-corrected chi connectivity index (χ2v) is 4.25. The maximum atomic E-state index is 11.6. The monoisotopic (exact) mass is 263 g/mol. The van der Waals surface area contributed by atoms with Crippen LogP contribution in [0, 0.1) is 0 Å². The van der Waals surface area contributed by atoms with E-state index in [0.29, 0.717) is 11.8 Å². The Kier molecular flexibility index (Phi) is 4.36. The number of rotatable bonds is 5. The van der Waals surface area contributed by atoms with E-state index >= 15 is 0 Å². The van der Waals surface area contributed by atoms with Crippen molar-refractivity contribution in [1.82, 2.24) is 14.9 Å². The molecule has 5 heteroatoms. The molecule has 0 aliphatic heterocycles. The first-order chi connectivity index (χ1) is 8.75. The molecule has 94 valence electrons. The fraction of sp³-hybridized carbons (Fsp3) is 0.231. The maximum absolute atomic E-state index is 11.6. The smallest absolute Gasteiger partial charge is 0.240 e. The molecule has 2 aromatic rings. The van der Waals surface area contributed by atoms with E-state index in [9.17, 15) is 4.79 Å². The van der Waals surface area contributed by atoms with Crippen LogP contribution in [0.5, 0.6) is 0 Å². The summed E-state index contributed by atoms with van der Waals surface area (Å²) in [7, 11) is 0. The van der Waals surface area contributed by atoms with E-state index in [-0.39, 0.29) is 12.5 Å². The molecule has 1 N–H and O–H groups in total. The molecule has 0 bridgehead atoms. The molecule has 2 rings (SSSR count). The average molecular weight is 264 g/mol. The van der Waals surface area contributed by atoms with Crippen LogP contribution in [-0.4, -0.2) is 22.0 Å². The molecular formula is C13H14ClN3O. The first-order valence-electron chi connectivity index (χ1n) is 5.73. The Bertz CT molecular complexity index is 510. The van der Waals surface area contributed by atoms with Gasteiger partial charge in [0, 0.05) is 18.9 Å². The van der Waals surface area contributed by atoms with Crippen molar-refractivity contribution < 1.29 is 4.79 Å². The van der Waals surface area contributed by atoms with Gasteiger partial charge in [-0.2, -0.15) is 0 Å². The van der Waals surface area contributed by atoms with Gasteiger partial charge in [-0.1, -0.05) is 30.3 Å². The zero-order valence-electron chi connectivity index (χ0n) is 9.84. The van der Waals surface area contributed by atoms with Crippen LogP contribution in [0.2, 0.25) is 5.28 Å². The topological polar surface area (TPSA) is 46.9 Å². The van der Waals surface area contributed by atoms with Gasteiger partial charge in [0.2, 0.25) is 11.2 Å². The number of aromatic nitrogens is 2. The normalized spacial score (nSPS) is 10.3. The Balaban J connectivity index is 1.74. The van der Waals surface area contributed by atoms with Gasteiger partial charge >= 0.3 is 0 Å². The van der Waals surface area contributed by atoms with Crippen molar-refractivity contribution in [2.75, 3.05) is 6.54 Å². The van der Waals surface area contributed by atoms with E-state index in [2.05, 4.69) is 10.3 Å². The lowest BCUT2D eigenvalue weighted by Gasteiger charge is -2.06. The van der Waals surface area contributed by atoms with E-state index in [0.717, 1.165) is 6.42 Å². The Morgan fingerprint density at radius 3 is 2.78 bits per heavy atom. The van der Waals surface area contributed by atoms with Crippen LogP contribution in [0.1, 0.15) is 5.56 Å². The number of amides is 1. The van der Waals surface area contributed by atoms with Gasteiger partial charge in [0.1, 0.15) is 6.54 Å². The van der Waals surface area contributed by atoms with Crippen molar-refractivity contribution in [3.63, 3.8) is 0 Å². The van der Waals surface area contributed by atoms with Crippen molar-refractivity contribution in [1.29, 1.82) is 0 Å². The van der Waals surface area contributed by atoms with E-state index < -0.39 is 0 Å². The van der Waals surface area contributed by atoms with Crippen molar-refractivity contribution >= 4 is 17.5 Å². The molecule has 0 spiro atoms. The van der Waals surface area contributed by atoms with Crippen molar-refractivity contribution in [3.8, 4) is 0 Å². The van der Waals surface area contributed by atoms with Crippen molar-refractivity contribution in [3.05, 3.63) is 53.6 Å². The fourth-order valence-corrected chi connectivity index (χ4v) is 1.80. The predicted molar refractivity (Wildman–Crippen MR) is 70.4 cm³/mol. The van der Waals surface area contributed by atoms with Gasteiger partial charge < -0.3 is 9.88 Å². The summed E-state index contributed by atoms with van der Waals surface area (Å²) in [5, 5.41) is 3.18. The summed E-state index contributed by atoms with van der Waals surface area (Å²) >= 11 is 5.79. The molecular weight excluding hydrogens is 250 g/mol. The number of carbonyl (C=O) groups excluding carboxylic acids is 1. The minimum atomic E-state index is -0.0640. The highest BCUT2D eigenvalue weighted by Gasteiger charge is 2.05. The second kappa shape index (κ2) is 6.21. The molecule has 0 saturated heterocycles. The van der Waals surface area contributed by atoms with Gasteiger partial charge in [0.05, 0.1) is 0 Å². The molecule has 0 unspecified atom stereocenters. The number of benzene rings is 1. The van der Waals surface area contributed by atoms with E-state index in [1.807, 2.05) is 30.3 Å². The molecule has 0 aliphatic rings. The summed E-state index contributed by atoms with van der Waals surface area (Å²) in [5.41, 5.74) is 1.21. The number of nitrogens with zero attached hydrogens (tertiary/aromatic N) is 2. The van der Waals surface area contributed by atoms with Crippen LogP contribution in [0.25, 0.3) is 0 Å². The summed E-state index contributed by atoms with van der Waals surface area (Å²) in [5.74, 6) is -0.0640. The predicted octanol–water partition coefficient (Wildman–Crippen LogP) is 1.90. The summed E-state index contributed by atoms with van der Waals surface area (Å²) in [6.45, 7) is 0.822. The molecule has 1 heterocycles. The summed E-state index contributed by atoms with van der Waals surface area (Å²) < 4.78 is 1.60. The van der Waals surface area contributed by atoms with Crippen LogP contribution < -0.4 is 5.32 Å². The molecule has 0 radical (unpaired) electrons. The lowest BCUT2D eigenvalue weighted by atomic mass is 10.1. The molecule has 0 aliphatic carbocycles. The first kappa shape index (κ1) is 12.6. The van der Waals surface area contributed by atoms with Crippen LogP contribution >= 0.6 is 11.6 Å². The Morgan fingerprint density at radius 2 is 2.11 bits per heavy atom. The quantitative estimate of drug-likeness (QED) is 0.896. The number of halogens is 1. The Labute approximate surface area is 111 Å². The highest BCUT2D eigenvalue weighted by Crippen LogP contribution is 2.03. The average Bonchev–Trinajstić information content (AvgIpc) is 2.76. The van der Waals surface area contributed by atoms with E-state index in [1.165, 1.54) is 5.56 Å². The third-order valence-corrected chi connectivity index (χ3v) is 2.87. The summed E-state index contributed by atoms with van der Waals surface area (Å²) in [6.07, 6.45) is 4.07. The van der Waals surface area contributed by atoms with Crippen LogP contribution in [0.4, 0.5) is 0 Å². The third-order valence-electron chi connectivity index (χ3n) is 2.56. The van der Waals surface area contributed by atoms with E-state index in [4.69, 9.17) is 11.6 Å². The van der Waals surface area contributed by atoms with Gasteiger partial charge in [-0.05, 0) is 23.6 Å². The highest BCUT2D eigenvalue weighted by molar-refractivity contribution is 6.28. The van der Waals surface area contributed by atoms with E-state index in [1.54, 1.807) is 17.0 Å². The van der Waals surface area contributed by atoms with Crippen molar-refractivity contribution in [2.45, 2.75) is 13.0 Å². The van der Waals surface area contributed by atoms with Crippen LogP contribution in [0.15, 0.2) is 42.7 Å². The largest absolute Gasteiger partial charge is 0.354 e. The van der Waals surface area contributed by atoms with Gasteiger partial charge in [0.15, 0.2) is 0 Å². The minimum absolute atomic E-state index is 0.0640. The molecule has 0 atom stereocenters. The second-order valence-electron chi connectivity index (χ2n) is 3.91. The standard InChI is InChI=1S/C13H14ClN3O/c14-13-16-8-9-17(13)10-12(18)15-7-6-11-4-2-1-3-5-11/h1-5,8-9H,6-7,10H2,(H,15,18). The lowest BCUT2D eigenvalue weighted by Crippen LogP contribution is -2.29. The summed E-state index contributed by atoms with van der Waals surface area (Å²) in [6, 6.07) is 10.0. The molecule has 0 saturated carbocycles. The zero-order valence-corrected chi connectivity index (χ0v) is 10.6. The highest BCUT2D eigenvalue weighted by atomic mass is 35.5. The van der Waals surface area contributed by atoms with Gasteiger partial charge in [-0.15, -0.1) is 0 Å². The number of imidazole rings is 1. The zero-order chi connectivity index (χ0) is 12.8. The Hall–Kier alpha value is -1.81. The first-order valence-corrected chi connectivity index (χ1v) is 6.11. The number of hydrogen-bond acceptors (Lipinski definition) is 2. The molecule has 4 nitrogen and oxygen atoms in total. The van der Waals surface area contributed by atoms with Gasteiger partial charge in [0.25, 0.3) is 0 Å². The SMILES string of the molecule is O=C(Cn1ccnc1Cl)NCCc1ccccc1. The number of hydrogen-bond donors (Lipinski definition) is 1. The van der Waals surface area contributed by atoms with Crippen molar-refractivity contribution in [2.24, 2.45) is 0 Å². The van der Waals surface area contributed by atoms with Gasteiger partial charge in [-0.3, -0.25) is 4.79 Å². The number of carbonyl (C=O) groups is 1. The fourth-order valence-electron chi connectivity index (χ4n) is 1.63. The van der Waals surface area contributed by atoms with Crippen LogP contribution in [-0.2, 0) is 17.8 Å². The lowest BCUT2D eigenvalue weighted by molar-refractivity contribution is -0.121.